The molecule has 17 nitrogen and oxygen atoms in total. The fourth-order valence-corrected chi connectivity index (χ4v) is 7.15. The third kappa shape index (κ3) is 6.57. The number of aromatic nitrogens is 3. The van der Waals surface area contributed by atoms with Gasteiger partial charge in [-0.3, -0.25) is 28.9 Å². The van der Waals surface area contributed by atoms with Gasteiger partial charge in [0.2, 0.25) is 11.3 Å². The maximum atomic E-state index is 13.3. The molecule has 5 heterocycles. The van der Waals surface area contributed by atoms with Crippen molar-refractivity contribution in [3.63, 3.8) is 0 Å². The summed E-state index contributed by atoms with van der Waals surface area (Å²) in [6, 6.07) is -1.11. The van der Waals surface area contributed by atoms with Crippen molar-refractivity contribution in [3.8, 4) is 5.75 Å². The fraction of sp³-hybridized carbons (Fsp3) is 0.423. The van der Waals surface area contributed by atoms with E-state index in [1.165, 1.54) is 22.7 Å². The minimum atomic E-state index is -1.25. The van der Waals surface area contributed by atoms with Crippen molar-refractivity contribution in [2.24, 2.45) is 0 Å². The summed E-state index contributed by atoms with van der Waals surface area (Å²) < 4.78 is 4.48. The Balaban J connectivity index is 1.25. The summed E-state index contributed by atoms with van der Waals surface area (Å²) in [6.07, 6.45) is 2.54. The Morgan fingerprint density at radius 1 is 1.33 bits per heavy atom. The summed E-state index contributed by atoms with van der Waals surface area (Å²) in [5.41, 5.74) is 8.10. The Hall–Kier alpha value is -4.30. The number of nitrogens with one attached hydrogen (secondary N) is 3. The molecule has 0 radical (unpaired) electrons. The van der Waals surface area contributed by atoms with E-state index in [2.05, 4.69) is 31.7 Å². The second kappa shape index (κ2) is 13.0. The maximum Gasteiger partial charge on any atom is 0.352 e. The van der Waals surface area contributed by atoms with E-state index in [9.17, 15) is 34.2 Å². The number of carbonyl (C=O) groups is 4. The number of thioether (sulfide) groups is 1. The lowest BCUT2D eigenvalue weighted by atomic mass is 10.0. The number of likely N-dealkylation sites (N-methyl/N-ethyl adjacent to an activating group) is 1. The van der Waals surface area contributed by atoms with Crippen molar-refractivity contribution in [2.45, 2.75) is 17.5 Å². The zero-order valence-corrected chi connectivity index (χ0v) is 25.7. The number of pyridine rings is 1. The zero-order valence-electron chi connectivity index (χ0n) is 24.1. The molecule has 5 rings (SSSR count). The topological polar surface area (TPSA) is 233 Å². The smallest absolute Gasteiger partial charge is 0.352 e. The molecule has 240 valence electrons. The van der Waals surface area contributed by atoms with Gasteiger partial charge in [-0.15, -0.1) is 18.3 Å². The van der Waals surface area contributed by atoms with Gasteiger partial charge in [0.15, 0.2) is 22.7 Å². The number of anilines is 1. The monoisotopic (exact) mass is 662 g/mol. The molecule has 3 aliphatic rings. The average Bonchev–Trinajstić information content (AvgIpc) is 3.44. The standard InChI is InChI=1S/C26H31N9O8S2/c1-3-8-43-31-17(20-30-26(27)45-32-20)21(38)29-18-23(40)34-19(25(41)42)13(12-44-24(18)34)11-35(2)6-4-33(5-7-35)22(39)14-9-15(36)16(37)10-28-14/h3,9-10,17-18,24,31H,1,4-8,11-12H2,2H3,(H5-,27,28,29,30,32,36,37,38,39,41,42)/p+1/t17?,18-,24+/m1/s1. The van der Waals surface area contributed by atoms with Gasteiger partial charge in [0, 0.05) is 35.1 Å². The largest absolute Gasteiger partial charge is 0.503 e. The van der Waals surface area contributed by atoms with Crippen LogP contribution in [0.5, 0.6) is 5.75 Å². The molecule has 0 aromatic carbocycles. The minimum Gasteiger partial charge on any atom is -0.503 e. The van der Waals surface area contributed by atoms with Gasteiger partial charge >= 0.3 is 5.97 Å². The maximum absolute atomic E-state index is 13.3. The summed E-state index contributed by atoms with van der Waals surface area (Å²) in [7, 11) is 1.95. The molecule has 0 bridgehead atoms. The normalized spacial score (nSPS) is 21.5. The third-order valence-corrected chi connectivity index (χ3v) is 9.63. The molecule has 2 aromatic heterocycles. The second-order valence-electron chi connectivity index (χ2n) is 10.9. The number of hydrogen-bond acceptors (Lipinski definition) is 13. The van der Waals surface area contributed by atoms with Crippen LogP contribution in [-0.4, -0.2) is 126 Å². The van der Waals surface area contributed by atoms with E-state index in [-0.39, 0.29) is 34.9 Å². The van der Waals surface area contributed by atoms with Gasteiger partial charge in [-0.2, -0.15) is 9.85 Å². The predicted octanol–water partition coefficient (Wildman–Crippen LogP) is -1.40. The number of amides is 3. The molecule has 7 N–H and O–H groups in total. The number of quaternary nitrogens is 1. The predicted molar refractivity (Wildman–Crippen MR) is 161 cm³/mol. The van der Waals surface area contributed by atoms with Crippen LogP contribution in [-0.2, 0) is 19.2 Å². The second-order valence-corrected chi connectivity index (χ2v) is 12.8. The lowest BCUT2D eigenvalue weighted by Crippen LogP contribution is -2.71. The Labute approximate surface area is 264 Å². The number of hydrogen-bond donors (Lipinski definition) is 6. The summed E-state index contributed by atoms with van der Waals surface area (Å²) in [6.45, 7) is 5.68. The van der Waals surface area contributed by atoms with Gasteiger partial charge in [0.05, 0.1) is 39.8 Å². The Kier molecular flexibility index (Phi) is 9.26. The number of rotatable bonds is 11. The van der Waals surface area contributed by atoms with Crippen LogP contribution in [0.4, 0.5) is 5.13 Å². The van der Waals surface area contributed by atoms with Crippen LogP contribution in [0.3, 0.4) is 0 Å². The molecule has 0 aliphatic carbocycles. The van der Waals surface area contributed by atoms with Crippen LogP contribution in [0.2, 0.25) is 0 Å². The van der Waals surface area contributed by atoms with E-state index < -0.39 is 46.4 Å². The molecule has 1 unspecified atom stereocenters. The average molecular weight is 663 g/mol. The van der Waals surface area contributed by atoms with Gasteiger partial charge in [-0.25, -0.2) is 9.78 Å². The minimum absolute atomic E-state index is 0.0579. The van der Waals surface area contributed by atoms with Crippen LogP contribution in [0.1, 0.15) is 22.4 Å². The van der Waals surface area contributed by atoms with Crippen molar-refractivity contribution in [2.75, 3.05) is 57.9 Å². The van der Waals surface area contributed by atoms with E-state index in [4.69, 9.17) is 10.6 Å². The number of carbonyl (C=O) groups excluding carboxylic acids is 3. The molecule has 2 fully saturated rings. The third-order valence-electron chi connectivity index (χ3n) is 7.73. The van der Waals surface area contributed by atoms with Gasteiger partial charge in [0.1, 0.15) is 29.4 Å². The van der Waals surface area contributed by atoms with Crippen molar-refractivity contribution in [1.29, 1.82) is 0 Å². The van der Waals surface area contributed by atoms with Crippen LogP contribution < -0.4 is 22.0 Å². The number of carboxylic acids is 1. The van der Waals surface area contributed by atoms with Crippen LogP contribution in [0.15, 0.2) is 41.0 Å². The number of piperazine rings is 1. The Morgan fingerprint density at radius 2 is 2.07 bits per heavy atom. The molecule has 3 aliphatic heterocycles. The van der Waals surface area contributed by atoms with Gasteiger partial charge < -0.3 is 35.6 Å². The SMILES string of the molecule is C=CCONC(C(=O)N[C@@H]1C(=O)N2C(C(=O)O)=C(C[N+]3(C)CCN(C(=O)c4cc(=O)c(O)c[nH]4)CC3)CS[C@@H]12)c1nsc(N)n1. The number of fused-ring (bicyclic) bond motifs is 1. The molecule has 2 aromatic rings. The molecule has 45 heavy (non-hydrogen) atoms. The quantitative estimate of drug-likeness (QED) is 0.0535. The first-order chi connectivity index (χ1) is 21.4. The van der Waals surface area contributed by atoms with Crippen LogP contribution in [0.25, 0.3) is 0 Å². The lowest BCUT2D eigenvalue weighted by Gasteiger charge is -2.50. The highest BCUT2D eigenvalue weighted by atomic mass is 32.2. The van der Waals surface area contributed by atoms with Crippen molar-refractivity contribution < 1.29 is 38.7 Å². The van der Waals surface area contributed by atoms with Gasteiger partial charge in [0.25, 0.3) is 11.8 Å². The lowest BCUT2D eigenvalue weighted by molar-refractivity contribution is -0.908. The highest BCUT2D eigenvalue weighted by molar-refractivity contribution is 8.00. The highest BCUT2D eigenvalue weighted by Gasteiger charge is 2.55. The number of aromatic hydroxyl groups is 1. The summed E-state index contributed by atoms with van der Waals surface area (Å²) in [4.78, 5) is 78.3. The number of hydroxylamine groups is 1. The Morgan fingerprint density at radius 3 is 2.69 bits per heavy atom. The molecule has 2 saturated heterocycles. The van der Waals surface area contributed by atoms with Crippen LogP contribution >= 0.6 is 23.3 Å². The summed E-state index contributed by atoms with van der Waals surface area (Å²) in [5.74, 6) is -2.93. The van der Waals surface area contributed by atoms with Crippen molar-refractivity contribution >= 4 is 52.1 Å². The first-order valence-corrected chi connectivity index (χ1v) is 15.6. The number of β-lactam (4-membered cyclic amide) rings is 1. The Bertz CT molecular complexity index is 1620. The summed E-state index contributed by atoms with van der Waals surface area (Å²) in [5, 5.41) is 21.8. The number of H-pyrrole nitrogens is 1. The van der Waals surface area contributed by atoms with E-state index >= 15 is 0 Å². The highest BCUT2D eigenvalue weighted by Crippen LogP contribution is 2.41. The first-order valence-electron chi connectivity index (χ1n) is 13.7. The first kappa shape index (κ1) is 32.1. The number of nitrogens with two attached hydrogens (primary N) is 1. The van der Waals surface area contributed by atoms with E-state index in [1.807, 2.05) is 7.05 Å². The fourth-order valence-electron chi connectivity index (χ4n) is 5.35. The number of nitrogens with zero attached hydrogens (tertiary/aromatic N) is 5. The van der Waals surface area contributed by atoms with Crippen molar-refractivity contribution in [1.82, 2.24) is 34.9 Å². The zero-order chi connectivity index (χ0) is 32.5. The molecule has 19 heteroatoms. The van der Waals surface area contributed by atoms with Crippen LogP contribution in [0, 0.1) is 0 Å². The number of nitrogen functional groups attached to an aromatic ring is 1. The number of aromatic amines is 1. The number of aliphatic carboxylic acids is 1. The number of carboxylic acid groups (broad SMARTS) is 1. The van der Waals surface area contributed by atoms with E-state index in [0.717, 1.165) is 23.8 Å². The van der Waals surface area contributed by atoms with Crippen molar-refractivity contribution in [3.05, 3.63) is 57.9 Å². The molecular formula is C26H32N9O8S2+. The molecular weight excluding hydrogens is 630 g/mol. The molecule has 0 saturated carbocycles. The molecule has 3 amide bonds. The van der Waals surface area contributed by atoms with E-state index in [0.29, 0.717) is 48.5 Å². The molecule has 3 atom stereocenters. The van der Waals surface area contributed by atoms with E-state index in [1.54, 1.807) is 4.90 Å². The van der Waals surface area contributed by atoms with Gasteiger partial charge in [-0.05, 0) is 0 Å². The summed E-state index contributed by atoms with van der Waals surface area (Å²) >= 11 is 2.24. The van der Waals surface area contributed by atoms with Gasteiger partial charge in [-0.1, -0.05) is 6.08 Å². The molecule has 0 spiro atoms.